The Bertz CT molecular complexity index is 1700. The van der Waals surface area contributed by atoms with Crippen LogP contribution in [0.2, 0.25) is 0 Å². The molecule has 0 amide bonds. The summed E-state index contributed by atoms with van der Waals surface area (Å²) in [6.45, 7) is 4.28. The topological polar surface area (TPSA) is 0 Å². The van der Waals surface area contributed by atoms with E-state index in [-0.39, 0.29) is 24.8 Å². The van der Waals surface area contributed by atoms with E-state index in [4.69, 9.17) is 0 Å². The quantitative estimate of drug-likeness (QED) is 0.249. The maximum atomic E-state index is 2.24. The van der Waals surface area contributed by atoms with Gasteiger partial charge in [-0.05, 0) is 13.8 Å². The third kappa shape index (κ3) is 8.59. The van der Waals surface area contributed by atoms with Crippen molar-refractivity contribution in [1.82, 2.24) is 0 Å². The van der Waals surface area contributed by atoms with E-state index in [2.05, 4.69) is 172 Å². The van der Waals surface area contributed by atoms with Gasteiger partial charge in [-0.2, -0.15) is 23.8 Å². The standard InChI is InChI=1S/C13H9.C13H13.C13H10.2ClH.Zr/c1-3-7-12-10(5-1)9-11-6-2-4-8-13(11)12;1-10-7-11(2)9-13(8-10)12-5-3-4-6-12;1-3-7-12(8-4-1)11-13-9-5-2-6-10-13;;;/h1-9H;3-9H,1-2H3;1-10H;2*1H;/q2*-1;;;;+2/p-2. The van der Waals surface area contributed by atoms with Crippen LogP contribution in [0.1, 0.15) is 22.3 Å². The van der Waals surface area contributed by atoms with Crippen LogP contribution in [0.5, 0.6) is 0 Å². The Balaban J connectivity index is 0.000000169. The van der Waals surface area contributed by atoms with Crippen molar-refractivity contribution in [3.05, 3.63) is 180 Å². The maximum absolute atomic E-state index is 2.24. The molecular weight excluding hydrogens is 631 g/mol. The van der Waals surface area contributed by atoms with Crippen LogP contribution in [-0.2, 0) is 24.2 Å². The zero-order valence-electron chi connectivity index (χ0n) is 23.8. The molecule has 0 aromatic heterocycles. The minimum atomic E-state index is 0. The second-order valence-corrected chi connectivity index (χ2v) is 11.2. The number of aryl methyl sites for hydroxylation is 2. The number of rotatable bonds is 3. The molecule has 7 aromatic rings. The Labute approximate surface area is 276 Å². The summed E-state index contributed by atoms with van der Waals surface area (Å²) in [7, 11) is 0. The zero-order valence-corrected chi connectivity index (χ0v) is 27.7. The molecule has 0 saturated carbocycles. The molecule has 3 heteroatoms. The molecule has 7 aromatic carbocycles. The van der Waals surface area contributed by atoms with Crippen LogP contribution in [-0.4, -0.2) is 3.21 Å². The van der Waals surface area contributed by atoms with Crippen molar-refractivity contribution in [1.29, 1.82) is 0 Å². The molecule has 0 bridgehead atoms. The molecular formula is C39H32Cl2Zr-2. The fourth-order valence-electron chi connectivity index (χ4n) is 4.99. The summed E-state index contributed by atoms with van der Waals surface area (Å²) in [4.78, 5) is 0. The van der Waals surface area contributed by atoms with Gasteiger partial charge in [-0.25, -0.2) is 0 Å². The van der Waals surface area contributed by atoms with Gasteiger partial charge >= 0.3 is 99.2 Å². The average Bonchev–Trinajstić information content (AvgIpc) is 3.67. The van der Waals surface area contributed by atoms with Gasteiger partial charge in [-0.1, -0.05) is 71.3 Å². The Kier molecular flexibility index (Phi) is 12.9. The average molecular weight is 663 g/mol. The van der Waals surface area contributed by atoms with Gasteiger partial charge in [0.15, 0.2) is 0 Å². The monoisotopic (exact) mass is 660 g/mol. The first-order valence-corrected chi connectivity index (χ1v) is 14.8. The molecule has 208 valence electrons. The van der Waals surface area contributed by atoms with Gasteiger partial charge in [0.1, 0.15) is 0 Å². The Morgan fingerprint density at radius 1 is 0.524 bits per heavy atom. The van der Waals surface area contributed by atoms with Crippen LogP contribution in [0, 0.1) is 13.8 Å². The van der Waals surface area contributed by atoms with E-state index in [0.717, 1.165) is 0 Å². The van der Waals surface area contributed by atoms with E-state index in [9.17, 15) is 0 Å². The largest absolute Gasteiger partial charge is 0.126 e. The van der Waals surface area contributed by atoms with Gasteiger partial charge in [0.2, 0.25) is 0 Å². The number of hydrogen-bond acceptors (Lipinski definition) is 0. The number of benzene rings is 5. The van der Waals surface area contributed by atoms with Crippen LogP contribution >= 0.6 is 0 Å². The summed E-state index contributed by atoms with van der Waals surface area (Å²) >= 11 is 1.46. The third-order valence-corrected chi connectivity index (χ3v) is 8.28. The summed E-state index contributed by atoms with van der Waals surface area (Å²) in [5, 5.41) is 5.39. The molecule has 0 heterocycles. The molecule has 0 aliphatic heterocycles. The fraction of sp³-hybridized carbons (Fsp3) is 0.0513. The minimum absolute atomic E-state index is 0. The SMILES string of the molecule is Cc1cc(C)cc(-c2ccc[cH-]2)c1.[Cl-].[Cl-].[Zr+2]=[C](c1ccccc1)c1ccccc1.c1ccc2c(c1)[cH-]c1ccccc12. The molecule has 0 saturated heterocycles. The second kappa shape index (κ2) is 16.3. The first-order chi connectivity index (χ1) is 19.6. The smallest absolute Gasteiger partial charge is 0.0771 e. The van der Waals surface area contributed by atoms with E-state index >= 15 is 0 Å². The molecule has 42 heavy (non-hydrogen) atoms. The molecule has 0 fully saturated rings. The van der Waals surface area contributed by atoms with Crippen molar-refractivity contribution in [3.63, 3.8) is 0 Å². The van der Waals surface area contributed by atoms with E-state index in [1.165, 1.54) is 82.4 Å². The van der Waals surface area contributed by atoms with E-state index < -0.39 is 0 Å². The summed E-state index contributed by atoms with van der Waals surface area (Å²) in [5.74, 6) is 0. The van der Waals surface area contributed by atoms with Crippen LogP contribution in [0.25, 0.3) is 32.7 Å². The normalized spacial score (nSPS) is 9.90. The fourth-order valence-corrected chi connectivity index (χ4v) is 5.81. The van der Waals surface area contributed by atoms with Gasteiger partial charge in [0.05, 0.1) is 0 Å². The van der Waals surface area contributed by atoms with Gasteiger partial charge in [-0.15, -0.1) is 45.8 Å². The van der Waals surface area contributed by atoms with Crippen LogP contribution < -0.4 is 24.8 Å². The summed E-state index contributed by atoms with van der Waals surface area (Å²) in [5.41, 5.74) is 7.95. The first kappa shape index (κ1) is 33.2. The predicted molar refractivity (Wildman–Crippen MR) is 170 cm³/mol. The zero-order chi connectivity index (χ0) is 27.7. The third-order valence-electron chi connectivity index (χ3n) is 6.87. The number of hydrogen-bond donors (Lipinski definition) is 0. The van der Waals surface area contributed by atoms with Gasteiger partial charge in [-0.3, -0.25) is 0 Å². The van der Waals surface area contributed by atoms with Crippen molar-refractivity contribution < 1.29 is 49.0 Å². The van der Waals surface area contributed by atoms with E-state index in [1.54, 1.807) is 0 Å². The summed E-state index contributed by atoms with van der Waals surface area (Å²) < 4.78 is 1.42. The molecule has 0 aliphatic carbocycles. The number of fused-ring (bicyclic) bond motifs is 3. The summed E-state index contributed by atoms with van der Waals surface area (Å²) in [6.07, 6.45) is 0. The maximum Gasteiger partial charge on any atom is -0.0771 e. The summed E-state index contributed by atoms with van der Waals surface area (Å²) in [6, 6.07) is 55.5. The second-order valence-electron chi connectivity index (χ2n) is 9.98. The van der Waals surface area contributed by atoms with Crippen molar-refractivity contribution in [2.45, 2.75) is 13.8 Å². The molecule has 0 spiro atoms. The molecule has 0 nitrogen and oxygen atoms in total. The molecule has 0 radical (unpaired) electrons. The van der Waals surface area contributed by atoms with E-state index in [0.29, 0.717) is 0 Å². The molecule has 0 N–H and O–H groups in total. The van der Waals surface area contributed by atoms with Gasteiger partial charge in [0, 0.05) is 0 Å². The van der Waals surface area contributed by atoms with Crippen molar-refractivity contribution >= 4 is 24.8 Å². The van der Waals surface area contributed by atoms with Crippen molar-refractivity contribution in [3.8, 4) is 11.1 Å². The van der Waals surface area contributed by atoms with Crippen molar-refractivity contribution in [2.75, 3.05) is 0 Å². The Morgan fingerprint density at radius 2 is 0.976 bits per heavy atom. The molecule has 0 aliphatic rings. The van der Waals surface area contributed by atoms with Gasteiger partial charge in [0.25, 0.3) is 0 Å². The molecule has 7 rings (SSSR count). The minimum Gasteiger partial charge on any atom is -0.126 e. The van der Waals surface area contributed by atoms with Crippen LogP contribution in [0.4, 0.5) is 0 Å². The van der Waals surface area contributed by atoms with Crippen molar-refractivity contribution in [2.24, 2.45) is 0 Å². The number of halogens is 2. The molecule has 0 unspecified atom stereocenters. The Hall–Kier alpha value is -3.35. The first-order valence-electron chi connectivity index (χ1n) is 13.6. The van der Waals surface area contributed by atoms with Crippen LogP contribution in [0.15, 0.2) is 158 Å². The predicted octanol–water partition coefficient (Wildman–Crippen LogP) is 4.21. The van der Waals surface area contributed by atoms with E-state index in [1.807, 2.05) is 0 Å². The van der Waals surface area contributed by atoms with Gasteiger partial charge < -0.3 is 24.8 Å². The Morgan fingerprint density at radius 3 is 1.43 bits per heavy atom. The van der Waals surface area contributed by atoms with Crippen LogP contribution in [0.3, 0.4) is 0 Å². The molecule has 0 atom stereocenters.